The van der Waals surface area contributed by atoms with Crippen LogP contribution in [0, 0.1) is 0 Å². The number of hydrogen-bond acceptors (Lipinski definition) is 0. The van der Waals surface area contributed by atoms with Crippen LogP contribution in [0.25, 0.3) is 0 Å². The van der Waals surface area contributed by atoms with Crippen molar-refractivity contribution in [3.05, 3.63) is 72.4 Å². The van der Waals surface area contributed by atoms with Crippen molar-refractivity contribution in [2.45, 2.75) is 258 Å². The first-order valence-electron chi connectivity index (χ1n) is 25.6. The highest BCUT2D eigenvalue weighted by Crippen LogP contribution is 2.23. The van der Waals surface area contributed by atoms with Crippen LogP contribution in [0.1, 0.15) is 257 Å². The Kier molecular flexibility index (Phi) is 40.2. The standard InChI is InChI=1S/C55H100N/c1-4-7-10-13-16-19-22-25-28-31-34-37-40-46-51-56(54-55-49-44-43-45-50-55,52-47-41-38-35-32-29-26-23-20-17-14-11-8-5-2)53-48-42-39-36-33-30-27-24-21-18-15-12-9-6-3/h16-21,43-45,49-50H,4-15,22-42,46-48,51-54H2,1-3H3/q+1/b19-16+,20-17+,21-18+. The molecule has 0 unspecified atom stereocenters. The van der Waals surface area contributed by atoms with Crippen molar-refractivity contribution < 1.29 is 4.48 Å². The van der Waals surface area contributed by atoms with Gasteiger partial charge in [-0.1, -0.05) is 203 Å². The molecule has 0 aromatic heterocycles. The van der Waals surface area contributed by atoms with Crippen molar-refractivity contribution >= 4 is 0 Å². The maximum atomic E-state index is 2.45. The van der Waals surface area contributed by atoms with Gasteiger partial charge >= 0.3 is 0 Å². The SMILES string of the molecule is CCCCC/C=C/CCCCCCCCC[N+](CCCCCCCCC/C=C/CCCCC)(CCCCCCCCC/C=C/CCCCC)Cc1ccccc1. The van der Waals surface area contributed by atoms with E-state index in [1.54, 1.807) is 5.56 Å². The fraction of sp³-hybridized carbons (Fsp3) is 0.782. The van der Waals surface area contributed by atoms with E-state index >= 15 is 0 Å². The summed E-state index contributed by atoms with van der Waals surface area (Å²) >= 11 is 0. The van der Waals surface area contributed by atoms with E-state index in [0.29, 0.717) is 0 Å². The van der Waals surface area contributed by atoms with Crippen LogP contribution < -0.4 is 0 Å². The molecular formula is C55H100N+. The Morgan fingerprint density at radius 3 is 0.839 bits per heavy atom. The maximum absolute atomic E-state index is 2.45. The largest absolute Gasteiger partial charge is 0.320 e. The highest BCUT2D eigenvalue weighted by molar-refractivity contribution is 5.13. The molecule has 1 nitrogen and oxygen atoms in total. The number of allylic oxidation sites excluding steroid dienone is 6. The molecule has 324 valence electrons. The molecule has 1 aromatic rings. The summed E-state index contributed by atoms with van der Waals surface area (Å²) in [6.07, 6.45) is 64.4. The van der Waals surface area contributed by atoms with Crippen LogP contribution in [0.5, 0.6) is 0 Å². The van der Waals surface area contributed by atoms with Crippen molar-refractivity contribution in [1.29, 1.82) is 0 Å². The van der Waals surface area contributed by atoms with Gasteiger partial charge in [-0.25, -0.2) is 0 Å². The highest BCUT2D eigenvalue weighted by Gasteiger charge is 2.26. The molecule has 0 N–H and O–H groups in total. The van der Waals surface area contributed by atoms with E-state index in [1.165, 1.54) is 262 Å². The average molecular weight is 775 g/mol. The molecule has 0 atom stereocenters. The third-order valence-electron chi connectivity index (χ3n) is 12.3. The monoisotopic (exact) mass is 775 g/mol. The van der Waals surface area contributed by atoms with E-state index in [-0.39, 0.29) is 0 Å². The van der Waals surface area contributed by atoms with E-state index in [2.05, 4.69) is 87.6 Å². The smallest absolute Gasteiger partial charge is 0.104 e. The quantitative estimate of drug-likeness (QED) is 0.0352. The summed E-state index contributed by atoms with van der Waals surface area (Å²) < 4.78 is 1.34. The van der Waals surface area contributed by atoms with Crippen molar-refractivity contribution in [3.63, 3.8) is 0 Å². The molecule has 1 aromatic carbocycles. The van der Waals surface area contributed by atoms with Crippen molar-refractivity contribution in [3.8, 4) is 0 Å². The molecule has 0 aliphatic rings. The molecule has 1 heteroatoms. The fourth-order valence-corrected chi connectivity index (χ4v) is 8.57. The minimum absolute atomic E-state index is 1.24. The summed E-state index contributed by atoms with van der Waals surface area (Å²) in [5.41, 5.74) is 1.56. The third-order valence-corrected chi connectivity index (χ3v) is 12.3. The second-order valence-corrected chi connectivity index (χ2v) is 17.8. The summed E-state index contributed by atoms with van der Waals surface area (Å²) in [4.78, 5) is 0. The van der Waals surface area contributed by atoms with E-state index in [9.17, 15) is 0 Å². The molecule has 0 bridgehead atoms. The van der Waals surface area contributed by atoms with Gasteiger partial charge in [0, 0.05) is 5.56 Å². The molecule has 0 aliphatic heterocycles. The first kappa shape index (κ1) is 52.4. The van der Waals surface area contributed by atoms with Gasteiger partial charge in [0.15, 0.2) is 0 Å². The zero-order valence-corrected chi connectivity index (χ0v) is 38.6. The number of unbranched alkanes of at least 4 members (excludes halogenated alkanes) is 30. The number of benzene rings is 1. The highest BCUT2D eigenvalue weighted by atomic mass is 15.3. The molecule has 1 rings (SSSR count). The third kappa shape index (κ3) is 35.6. The normalized spacial score (nSPS) is 12.3. The number of hydrogen-bond donors (Lipinski definition) is 0. The van der Waals surface area contributed by atoms with Gasteiger partial charge in [0.1, 0.15) is 6.54 Å². The number of rotatable bonds is 44. The lowest BCUT2D eigenvalue weighted by Gasteiger charge is -2.39. The molecule has 0 spiro atoms. The molecule has 0 amide bonds. The van der Waals surface area contributed by atoms with Gasteiger partial charge in [0.2, 0.25) is 0 Å². The van der Waals surface area contributed by atoms with E-state index < -0.39 is 0 Å². The Morgan fingerprint density at radius 2 is 0.554 bits per heavy atom. The number of nitrogens with zero attached hydrogens (tertiary/aromatic N) is 1. The predicted molar refractivity (Wildman–Crippen MR) is 256 cm³/mol. The van der Waals surface area contributed by atoms with Gasteiger partial charge in [0.05, 0.1) is 19.6 Å². The summed E-state index contributed by atoms with van der Waals surface area (Å²) in [6.45, 7) is 12.3. The van der Waals surface area contributed by atoms with Gasteiger partial charge < -0.3 is 4.48 Å². The second kappa shape index (κ2) is 43.0. The number of quaternary nitrogens is 1. The summed E-state index contributed by atoms with van der Waals surface area (Å²) in [7, 11) is 0. The van der Waals surface area contributed by atoms with Crippen molar-refractivity contribution in [1.82, 2.24) is 0 Å². The first-order chi connectivity index (χ1) is 27.8. The first-order valence-corrected chi connectivity index (χ1v) is 25.6. The van der Waals surface area contributed by atoms with E-state index in [0.717, 1.165) is 0 Å². The van der Waals surface area contributed by atoms with Gasteiger partial charge in [-0.2, -0.15) is 0 Å². The van der Waals surface area contributed by atoms with Crippen molar-refractivity contribution in [2.75, 3.05) is 19.6 Å². The molecule has 0 saturated carbocycles. The Balaban J connectivity index is 2.54. The van der Waals surface area contributed by atoms with Gasteiger partial charge in [-0.3, -0.25) is 0 Å². The average Bonchev–Trinajstić information content (AvgIpc) is 3.21. The summed E-state index contributed by atoms with van der Waals surface area (Å²) in [5.74, 6) is 0. The van der Waals surface area contributed by atoms with Crippen LogP contribution in [0.3, 0.4) is 0 Å². The molecule has 0 aliphatic carbocycles. The lowest BCUT2D eigenvalue weighted by Crippen LogP contribution is -2.49. The lowest BCUT2D eigenvalue weighted by molar-refractivity contribution is -0.941. The maximum Gasteiger partial charge on any atom is 0.104 e. The Morgan fingerprint density at radius 1 is 0.304 bits per heavy atom. The summed E-state index contributed by atoms with van der Waals surface area (Å²) in [6, 6.07) is 11.6. The van der Waals surface area contributed by atoms with Crippen LogP contribution >= 0.6 is 0 Å². The predicted octanol–water partition coefficient (Wildman–Crippen LogP) is 18.8. The summed E-state index contributed by atoms with van der Waals surface area (Å²) in [5, 5.41) is 0. The van der Waals surface area contributed by atoms with Gasteiger partial charge in [-0.05, 0) is 116 Å². The molecular weight excluding hydrogens is 675 g/mol. The molecule has 0 fully saturated rings. The topological polar surface area (TPSA) is 0 Å². The van der Waals surface area contributed by atoms with Crippen LogP contribution in [-0.4, -0.2) is 24.1 Å². The lowest BCUT2D eigenvalue weighted by atomic mass is 10.0. The fourth-order valence-electron chi connectivity index (χ4n) is 8.57. The minimum atomic E-state index is 1.24. The zero-order valence-electron chi connectivity index (χ0n) is 38.6. The molecule has 56 heavy (non-hydrogen) atoms. The van der Waals surface area contributed by atoms with Crippen LogP contribution in [0.15, 0.2) is 66.8 Å². The van der Waals surface area contributed by atoms with Crippen molar-refractivity contribution in [2.24, 2.45) is 0 Å². The van der Waals surface area contributed by atoms with Crippen LogP contribution in [0.2, 0.25) is 0 Å². The van der Waals surface area contributed by atoms with E-state index in [1.807, 2.05) is 0 Å². The molecule has 0 heterocycles. The van der Waals surface area contributed by atoms with Crippen LogP contribution in [0.4, 0.5) is 0 Å². The van der Waals surface area contributed by atoms with Crippen LogP contribution in [-0.2, 0) is 6.54 Å². The van der Waals surface area contributed by atoms with Gasteiger partial charge in [-0.15, -0.1) is 0 Å². The Hall–Kier alpha value is -1.60. The minimum Gasteiger partial charge on any atom is -0.320 e. The van der Waals surface area contributed by atoms with E-state index in [4.69, 9.17) is 0 Å². The molecule has 0 radical (unpaired) electrons. The Labute approximate surface area is 353 Å². The van der Waals surface area contributed by atoms with Gasteiger partial charge in [0.25, 0.3) is 0 Å². The zero-order chi connectivity index (χ0) is 40.1. The Bertz CT molecular complexity index is 879. The molecule has 0 saturated heterocycles. The second-order valence-electron chi connectivity index (χ2n) is 17.8.